The smallest absolute Gasteiger partial charge is 0.280 e. The number of pyridine rings is 1. The molecule has 2 aromatic heterocycles. The first kappa shape index (κ1) is 13.1. The average molecular weight is 259 g/mol. The van der Waals surface area contributed by atoms with E-state index in [4.69, 9.17) is 5.73 Å². The molecule has 0 bridgehead atoms. The van der Waals surface area contributed by atoms with Crippen LogP contribution in [-0.4, -0.2) is 28.1 Å². The number of nitrogens with one attached hydrogen (secondary N) is 1. The predicted octanol–water partition coefficient (Wildman–Crippen LogP) is 1.62. The van der Waals surface area contributed by atoms with E-state index in [9.17, 15) is 4.79 Å². The third-order valence-electron chi connectivity index (χ3n) is 2.94. The van der Waals surface area contributed by atoms with Crippen molar-refractivity contribution in [3.05, 3.63) is 35.9 Å². The van der Waals surface area contributed by atoms with Crippen molar-refractivity contribution >= 4 is 17.3 Å². The first-order valence-electron chi connectivity index (χ1n) is 6.16. The minimum atomic E-state index is -0.234. The van der Waals surface area contributed by atoms with Crippen LogP contribution >= 0.6 is 0 Å². The number of amides is 1. The SMILES string of the molecule is CCCc1[nH]nc(C(=O)N(C)c2ccncc2)c1N. The molecular formula is C13H17N5O. The summed E-state index contributed by atoms with van der Waals surface area (Å²) in [4.78, 5) is 17.8. The van der Waals surface area contributed by atoms with Gasteiger partial charge in [0.25, 0.3) is 5.91 Å². The lowest BCUT2D eigenvalue weighted by atomic mass is 10.2. The number of nitrogen functional groups attached to an aromatic ring is 1. The summed E-state index contributed by atoms with van der Waals surface area (Å²) in [6, 6.07) is 3.52. The minimum Gasteiger partial charge on any atom is -0.395 e. The van der Waals surface area contributed by atoms with Crippen LogP contribution in [0.5, 0.6) is 0 Å². The highest BCUT2D eigenvalue weighted by Crippen LogP contribution is 2.19. The summed E-state index contributed by atoms with van der Waals surface area (Å²) in [6.07, 6.45) is 5.00. The van der Waals surface area contributed by atoms with Gasteiger partial charge in [0.1, 0.15) is 0 Å². The number of hydrogen-bond acceptors (Lipinski definition) is 4. The largest absolute Gasteiger partial charge is 0.395 e. The molecule has 0 spiro atoms. The number of hydrogen-bond donors (Lipinski definition) is 2. The van der Waals surface area contributed by atoms with Crippen LogP contribution in [0.4, 0.5) is 11.4 Å². The standard InChI is InChI=1S/C13H17N5O/c1-3-4-10-11(14)12(17-16-10)13(19)18(2)9-5-7-15-8-6-9/h5-8H,3-4,14H2,1-2H3,(H,16,17). The third kappa shape index (κ3) is 2.57. The molecule has 3 N–H and O–H groups in total. The Bertz CT molecular complexity index is 564. The van der Waals surface area contributed by atoms with Gasteiger partial charge in [0.15, 0.2) is 5.69 Å². The van der Waals surface area contributed by atoms with Gasteiger partial charge < -0.3 is 10.6 Å². The van der Waals surface area contributed by atoms with Crippen LogP contribution in [0, 0.1) is 0 Å². The van der Waals surface area contributed by atoms with Crippen LogP contribution in [0.15, 0.2) is 24.5 Å². The quantitative estimate of drug-likeness (QED) is 0.873. The highest BCUT2D eigenvalue weighted by molar-refractivity contribution is 6.07. The van der Waals surface area contributed by atoms with Gasteiger partial charge in [-0.3, -0.25) is 14.9 Å². The Morgan fingerprint density at radius 1 is 1.42 bits per heavy atom. The molecule has 6 heteroatoms. The Balaban J connectivity index is 2.25. The van der Waals surface area contributed by atoms with Crippen LogP contribution < -0.4 is 10.6 Å². The van der Waals surface area contributed by atoms with E-state index < -0.39 is 0 Å². The molecule has 0 atom stereocenters. The number of rotatable bonds is 4. The van der Waals surface area contributed by atoms with E-state index in [0.29, 0.717) is 5.69 Å². The van der Waals surface area contributed by atoms with Crippen molar-refractivity contribution in [2.24, 2.45) is 0 Å². The molecule has 0 fully saturated rings. The van der Waals surface area contributed by atoms with Gasteiger partial charge in [-0.2, -0.15) is 5.10 Å². The fraction of sp³-hybridized carbons (Fsp3) is 0.308. The normalized spacial score (nSPS) is 10.4. The van der Waals surface area contributed by atoms with Crippen LogP contribution in [-0.2, 0) is 6.42 Å². The zero-order chi connectivity index (χ0) is 13.8. The van der Waals surface area contributed by atoms with Gasteiger partial charge >= 0.3 is 0 Å². The van der Waals surface area contributed by atoms with Crippen molar-refractivity contribution in [2.75, 3.05) is 17.7 Å². The maximum absolute atomic E-state index is 12.3. The van der Waals surface area contributed by atoms with E-state index in [1.54, 1.807) is 31.6 Å². The third-order valence-corrected chi connectivity index (χ3v) is 2.94. The predicted molar refractivity (Wildman–Crippen MR) is 74.0 cm³/mol. The Kier molecular flexibility index (Phi) is 3.79. The molecule has 100 valence electrons. The summed E-state index contributed by atoms with van der Waals surface area (Å²) in [5, 5.41) is 6.85. The molecule has 6 nitrogen and oxygen atoms in total. The Hall–Kier alpha value is -2.37. The zero-order valence-electron chi connectivity index (χ0n) is 11.1. The number of anilines is 2. The first-order valence-corrected chi connectivity index (χ1v) is 6.16. The summed E-state index contributed by atoms with van der Waals surface area (Å²) in [5.41, 5.74) is 8.22. The summed E-state index contributed by atoms with van der Waals surface area (Å²) in [7, 11) is 1.69. The second-order valence-electron chi connectivity index (χ2n) is 4.28. The van der Waals surface area contributed by atoms with Crippen LogP contribution in [0.3, 0.4) is 0 Å². The summed E-state index contributed by atoms with van der Waals surface area (Å²) >= 11 is 0. The maximum Gasteiger partial charge on any atom is 0.280 e. The highest BCUT2D eigenvalue weighted by Gasteiger charge is 2.21. The molecule has 0 saturated carbocycles. The van der Waals surface area contributed by atoms with E-state index in [0.717, 1.165) is 24.2 Å². The van der Waals surface area contributed by atoms with Gasteiger partial charge in [0.05, 0.1) is 11.4 Å². The summed E-state index contributed by atoms with van der Waals surface area (Å²) in [5.74, 6) is -0.234. The number of carbonyl (C=O) groups is 1. The van der Waals surface area contributed by atoms with Crippen molar-refractivity contribution in [1.82, 2.24) is 15.2 Å². The molecule has 0 aliphatic heterocycles. The van der Waals surface area contributed by atoms with Crippen molar-refractivity contribution in [2.45, 2.75) is 19.8 Å². The van der Waals surface area contributed by atoms with Crippen molar-refractivity contribution < 1.29 is 4.79 Å². The summed E-state index contributed by atoms with van der Waals surface area (Å²) in [6.45, 7) is 2.05. The fourth-order valence-electron chi connectivity index (χ4n) is 1.83. The monoisotopic (exact) mass is 259 g/mol. The molecule has 0 saturated heterocycles. The number of aryl methyl sites for hydroxylation is 1. The van der Waals surface area contributed by atoms with E-state index in [1.807, 2.05) is 6.92 Å². The summed E-state index contributed by atoms with van der Waals surface area (Å²) < 4.78 is 0. The van der Waals surface area contributed by atoms with Crippen molar-refractivity contribution in [3.63, 3.8) is 0 Å². The molecule has 0 aliphatic rings. The second-order valence-corrected chi connectivity index (χ2v) is 4.28. The molecule has 0 aromatic carbocycles. The van der Waals surface area contributed by atoms with Gasteiger partial charge in [-0.1, -0.05) is 13.3 Å². The molecule has 0 aliphatic carbocycles. The number of nitrogens with zero attached hydrogens (tertiary/aromatic N) is 3. The molecule has 2 aromatic rings. The van der Waals surface area contributed by atoms with Crippen molar-refractivity contribution in [3.8, 4) is 0 Å². The maximum atomic E-state index is 12.3. The van der Waals surface area contributed by atoms with Crippen molar-refractivity contribution in [1.29, 1.82) is 0 Å². The van der Waals surface area contributed by atoms with Gasteiger partial charge in [-0.05, 0) is 18.6 Å². The molecule has 1 amide bonds. The van der Waals surface area contributed by atoms with Crippen LogP contribution in [0.25, 0.3) is 0 Å². The lowest BCUT2D eigenvalue weighted by Crippen LogP contribution is -2.27. The molecule has 19 heavy (non-hydrogen) atoms. The van der Waals surface area contributed by atoms with Crippen LogP contribution in [0.1, 0.15) is 29.5 Å². The second kappa shape index (κ2) is 5.51. The molecular weight excluding hydrogens is 242 g/mol. The lowest BCUT2D eigenvalue weighted by molar-refractivity contribution is 0.0989. The molecule has 2 heterocycles. The average Bonchev–Trinajstić information content (AvgIpc) is 2.80. The van der Waals surface area contributed by atoms with Crippen LogP contribution in [0.2, 0.25) is 0 Å². The van der Waals surface area contributed by atoms with Gasteiger partial charge in [-0.25, -0.2) is 0 Å². The molecule has 0 unspecified atom stereocenters. The number of nitrogens with two attached hydrogens (primary N) is 1. The first-order chi connectivity index (χ1) is 9.15. The van der Waals surface area contributed by atoms with E-state index in [-0.39, 0.29) is 11.6 Å². The van der Waals surface area contributed by atoms with E-state index in [2.05, 4.69) is 15.2 Å². The number of H-pyrrole nitrogens is 1. The number of aromatic nitrogens is 3. The zero-order valence-corrected chi connectivity index (χ0v) is 11.1. The van der Waals surface area contributed by atoms with Gasteiger partial charge in [0, 0.05) is 25.1 Å². The van der Waals surface area contributed by atoms with E-state index >= 15 is 0 Å². The Morgan fingerprint density at radius 3 is 2.74 bits per heavy atom. The van der Waals surface area contributed by atoms with Gasteiger partial charge in [0.2, 0.25) is 0 Å². The number of aromatic amines is 1. The lowest BCUT2D eigenvalue weighted by Gasteiger charge is -2.15. The highest BCUT2D eigenvalue weighted by atomic mass is 16.2. The minimum absolute atomic E-state index is 0.234. The number of carbonyl (C=O) groups excluding carboxylic acids is 1. The molecule has 0 radical (unpaired) electrons. The fourth-order valence-corrected chi connectivity index (χ4v) is 1.83. The van der Waals surface area contributed by atoms with E-state index in [1.165, 1.54) is 4.90 Å². The Labute approximate surface area is 111 Å². The topological polar surface area (TPSA) is 87.9 Å². The molecule has 2 rings (SSSR count). The van der Waals surface area contributed by atoms with Gasteiger partial charge in [-0.15, -0.1) is 0 Å². The Morgan fingerprint density at radius 2 is 2.11 bits per heavy atom.